The molecule has 1 aliphatic rings. The van der Waals surface area contributed by atoms with E-state index in [9.17, 15) is 19.5 Å². The minimum absolute atomic E-state index is 0.0531. The van der Waals surface area contributed by atoms with Crippen LogP contribution in [0, 0.1) is 6.92 Å². The molecule has 2 aromatic rings. The molecule has 6 heteroatoms. The number of hydrogen-bond acceptors (Lipinski definition) is 4. The number of nitrogens with zero attached hydrogens (tertiary/aromatic N) is 1. The highest BCUT2D eigenvalue weighted by molar-refractivity contribution is 6.45. The molecule has 25 heavy (non-hydrogen) atoms. The van der Waals surface area contributed by atoms with E-state index in [-0.39, 0.29) is 11.5 Å². The van der Waals surface area contributed by atoms with Gasteiger partial charge in [0.05, 0.1) is 11.3 Å². The molecule has 0 radical (unpaired) electrons. The van der Waals surface area contributed by atoms with Crippen molar-refractivity contribution in [2.75, 3.05) is 10.2 Å². The van der Waals surface area contributed by atoms with Gasteiger partial charge in [-0.2, -0.15) is 0 Å². The minimum atomic E-state index is -0.750. The Morgan fingerprint density at radius 2 is 1.64 bits per heavy atom. The minimum Gasteiger partial charge on any atom is -0.502 e. The van der Waals surface area contributed by atoms with Gasteiger partial charge in [-0.1, -0.05) is 30.3 Å². The van der Waals surface area contributed by atoms with Gasteiger partial charge in [0.2, 0.25) is 5.91 Å². The Labute approximate surface area is 144 Å². The Bertz CT molecular complexity index is 913. The summed E-state index contributed by atoms with van der Waals surface area (Å²) in [4.78, 5) is 37.2. The topological polar surface area (TPSA) is 86.7 Å². The summed E-state index contributed by atoms with van der Waals surface area (Å²) in [6.45, 7) is 3.18. The lowest BCUT2D eigenvalue weighted by molar-refractivity contribution is -0.121. The molecule has 0 saturated heterocycles. The maximum Gasteiger partial charge on any atom is 0.301 e. The molecule has 1 heterocycles. The summed E-state index contributed by atoms with van der Waals surface area (Å²) < 4.78 is 0. The van der Waals surface area contributed by atoms with Crippen molar-refractivity contribution in [3.63, 3.8) is 0 Å². The number of hydrogen-bond donors (Lipinski definition) is 2. The van der Waals surface area contributed by atoms with Crippen LogP contribution in [0.15, 0.2) is 54.3 Å². The Hall–Kier alpha value is -3.41. The van der Waals surface area contributed by atoms with E-state index in [0.717, 1.165) is 10.5 Å². The van der Waals surface area contributed by atoms with Gasteiger partial charge in [0.15, 0.2) is 5.76 Å². The van der Waals surface area contributed by atoms with Gasteiger partial charge < -0.3 is 10.4 Å². The van der Waals surface area contributed by atoms with Crippen LogP contribution in [0.2, 0.25) is 0 Å². The fourth-order valence-electron chi connectivity index (χ4n) is 2.73. The fourth-order valence-corrected chi connectivity index (χ4v) is 2.73. The van der Waals surface area contributed by atoms with Crippen LogP contribution in [0.25, 0.3) is 5.57 Å². The predicted octanol–water partition coefficient (Wildman–Crippen LogP) is 2.80. The molecule has 0 saturated carbocycles. The number of amides is 3. The van der Waals surface area contributed by atoms with Gasteiger partial charge >= 0.3 is 5.91 Å². The second-order valence-electron chi connectivity index (χ2n) is 5.71. The number of aliphatic hydroxyl groups excluding tert-OH is 1. The highest BCUT2D eigenvalue weighted by Crippen LogP contribution is 2.33. The normalized spacial score (nSPS) is 14.2. The maximum atomic E-state index is 12.8. The van der Waals surface area contributed by atoms with Crippen molar-refractivity contribution in [3.05, 3.63) is 65.4 Å². The fraction of sp³-hybridized carbons (Fsp3) is 0.105. The highest BCUT2D eigenvalue weighted by atomic mass is 16.3. The summed E-state index contributed by atoms with van der Waals surface area (Å²) in [6, 6.07) is 13.3. The molecule has 0 aliphatic carbocycles. The first-order valence-corrected chi connectivity index (χ1v) is 7.66. The van der Waals surface area contributed by atoms with Crippen molar-refractivity contribution in [2.24, 2.45) is 0 Å². The van der Waals surface area contributed by atoms with Crippen LogP contribution in [0.5, 0.6) is 0 Å². The maximum absolute atomic E-state index is 12.8. The predicted molar refractivity (Wildman–Crippen MR) is 94.0 cm³/mol. The zero-order chi connectivity index (χ0) is 18.1. The van der Waals surface area contributed by atoms with Crippen LogP contribution < -0.4 is 10.2 Å². The number of anilines is 2. The van der Waals surface area contributed by atoms with Crippen molar-refractivity contribution < 1.29 is 19.5 Å². The summed E-state index contributed by atoms with van der Waals surface area (Å²) >= 11 is 0. The molecule has 126 valence electrons. The van der Waals surface area contributed by atoms with E-state index >= 15 is 0 Å². The molecule has 0 spiro atoms. The van der Waals surface area contributed by atoms with E-state index in [1.165, 1.54) is 6.92 Å². The number of para-hydroxylation sites is 1. The molecule has 3 rings (SSSR count). The van der Waals surface area contributed by atoms with Crippen LogP contribution >= 0.6 is 0 Å². The Morgan fingerprint density at radius 1 is 1.00 bits per heavy atom. The third-order valence-corrected chi connectivity index (χ3v) is 3.91. The Kier molecular flexibility index (Phi) is 4.10. The third-order valence-electron chi connectivity index (χ3n) is 3.91. The van der Waals surface area contributed by atoms with Crippen LogP contribution in [-0.4, -0.2) is 22.8 Å². The lowest BCUT2D eigenvalue weighted by Gasteiger charge is -2.16. The number of carbonyl (C=O) groups excluding carboxylic acids is 3. The van der Waals surface area contributed by atoms with Crippen LogP contribution in [-0.2, 0) is 14.4 Å². The van der Waals surface area contributed by atoms with E-state index in [1.54, 1.807) is 55.5 Å². The quantitative estimate of drug-likeness (QED) is 0.844. The van der Waals surface area contributed by atoms with E-state index in [0.29, 0.717) is 16.9 Å². The van der Waals surface area contributed by atoms with Crippen molar-refractivity contribution in [1.29, 1.82) is 0 Å². The standard InChI is InChI=1S/C19H16N2O4/c1-11-5-3-4-6-15(11)21-18(24)16(17(23)19(21)25)13-7-9-14(10-8-13)20-12(2)22/h3-10,23H,1-2H3,(H,20,22). The van der Waals surface area contributed by atoms with Gasteiger partial charge in [-0.05, 0) is 36.2 Å². The molecule has 2 aromatic carbocycles. The Balaban J connectivity index is 1.97. The third kappa shape index (κ3) is 2.89. The summed E-state index contributed by atoms with van der Waals surface area (Å²) in [5, 5.41) is 12.8. The SMILES string of the molecule is CC(=O)Nc1ccc(C2=C(O)C(=O)N(c3ccccc3C)C2=O)cc1. The molecule has 1 aliphatic heterocycles. The highest BCUT2D eigenvalue weighted by Gasteiger charge is 2.40. The molecule has 0 atom stereocenters. The molecule has 0 aromatic heterocycles. The van der Waals surface area contributed by atoms with Crippen molar-refractivity contribution in [3.8, 4) is 0 Å². The largest absolute Gasteiger partial charge is 0.502 e. The molecule has 6 nitrogen and oxygen atoms in total. The van der Waals surface area contributed by atoms with Gasteiger partial charge in [0, 0.05) is 12.6 Å². The number of rotatable bonds is 3. The summed E-state index contributed by atoms with van der Waals surface area (Å²) in [6.07, 6.45) is 0. The van der Waals surface area contributed by atoms with E-state index in [1.807, 2.05) is 0 Å². The first-order valence-electron chi connectivity index (χ1n) is 7.66. The molecular weight excluding hydrogens is 320 g/mol. The molecule has 0 fully saturated rings. The second kappa shape index (κ2) is 6.24. The smallest absolute Gasteiger partial charge is 0.301 e. The number of carbonyl (C=O) groups is 3. The molecule has 3 amide bonds. The van der Waals surface area contributed by atoms with Gasteiger partial charge in [0.25, 0.3) is 5.91 Å². The van der Waals surface area contributed by atoms with Gasteiger partial charge in [0.1, 0.15) is 0 Å². The van der Waals surface area contributed by atoms with Crippen LogP contribution in [0.3, 0.4) is 0 Å². The lowest BCUT2D eigenvalue weighted by Crippen LogP contribution is -2.32. The summed E-state index contributed by atoms with van der Waals surface area (Å²) in [5.74, 6) is -2.13. The number of nitrogens with one attached hydrogen (secondary N) is 1. The van der Waals surface area contributed by atoms with Crippen molar-refractivity contribution >= 4 is 34.7 Å². The number of benzene rings is 2. The van der Waals surface area contributed by atoms with Crippen LogP contribution in [0.1, 0.15) is 18.1 Å². The number of imide groups is 1. The zero-order valence-electron chi connectivity index (χ0n) is 13.7. The monoisotopic (exact) mass is 336 g/mol. The summed E-state index contributed by atoms with van der Waals surface area (Å²) in [5.41, 5.74) is 2.10. The number of aliphatic hydroxyl groups is 1. The van der Waals surface area contributed by atoms with Crippen molar-refractivity contribution in [1.82, 2.24) is 0 Å². The molecule has 0 unspecified atom stereocenters. The molecule has 0 bridgehead atoms. The van der Waals surface area contributed by atoms with Crippen LogP contribution in [0.4, 0.5) is 11.4 Å². The van der Waals surface area contributed by atoms with E-state index in [2.05, 4.69) is 5.32 Å². The van der Waals surface area contributed by atoms with Gasteiger partial charge in [-0.15, -0.1) is 0 Å². The second-order valence-corrected chi connectivity index (χ2v) is 5.71. The molecular formula is C19H16N2O4. The number of aryl methyl sites for hydroxylation is 1. The summed E-state index contributed by atoms with van der Waals surface area (Å²) in [7, 11) is 0. The first kappa shape index (κ1) is 16.4. The Morgan fingerprint density at radius 3 is 2.24 bits per heavy atom. The first-order chi connectivity index (χ1) is 11.9. The van der Waals surface area contributed by atoms with E-state index in [4.69, 9.17) is 0 Å². The van der Waals surface area contributed by atoms with E-state index < -0.39 is 17.6 Å². The average molecular weight is 336 g/mol. The van der Waals surface area contributed by atoms with Gasteiger partial charge in [-0.3, -0.25) is 14.4 Å². The molecule has 2 N–H and O–H groups in total. The zero-order valence-corrected chi connectivity index (χ0v) is 13.7. The lowest BCUT2D eigenvalue weighted by atomic mass is 10.0. The van der Waals surface area contributed by atoms with Gasteiger partial charge in [-0.25, -0.2) is 4.90 Å². The van der Waals surface area contributed by atoms with Crippen molar-refractivity contribution in [2.45, 2.75) is 13.8 Å². The average Bonchev–Trinajstić information content (AvgIpc) is 2.79.